The van der Waals surface area contributed by atoms with Gasteiger partial charge in [0.05, 0.1) is 13.2 Å². The molecule has 0 aliphatic rings. The van der Waals surface area contributed by atoms with Gasteiger partial charge >= 0.3 is 22.1 Å². The summed E-state index contributed by atoms with van der Waals surface area (Å²) in [7, 11) is -4.03. The number of esters is 2. The Labute approximate surface area is 170 Å². The van der Waals surface area contributed by atoms with Crippen molar-refractivity contribution in [2.24, 2.45) is 0 Å². The summed E-state index contributed by atoms with van der Waals surface area (Å²) in [6, 6.07) is 12.2. The molecule has 29 heavy (non-hydrogen) atoms. The molecule has 0 aliphatic carbocycles. The first-order valence-corrected chi connectivity index (χ1v) is 10.3. The Morgan fingerprint density at radius 1 is 0.862 bits per heavy atom. The lowest BCUT2D eigenvalue weighted by Crippen LogP contribution is -2.18. The molecule has 0 aliphatic heterocycles. The molecule has 0 fully saturated rings. The van der Waals surface area contributed by atoms with Gasteiger partial charge in [-0.2, -0.15) is 8.42 Å². The standard InChI is InChI=1S/C21H22O7S/c1-4-26-20(22)19(21(23)27-5-2)14-16-8-12-18(13-9-16)29(24,25)28-17-10-6-15(3)7-11-17/h6-14H,4-5H2,1-3H3. The molecule has 8 heteroatoms. The highest BCUT2D eigenvalue weighted by Crippen LogP contribution is 2.20. The van der Waals surface area contributed by atoms with Gasteiger partial charge in [0.15, 0.2) is 0 Å². The molecule has 0 atom stereocenters. The number of aryl methyl sites for hydroxylation is 1. The van der Waals surface area contributed by atoms with E-state index in [9.17, 15) is 18.0 Å². The predicted octanol–water partition coefficient (Wildman–Crippen LogP) is 3.27. The molecule has 0 bridgehead atoms. The highest BCUT2D eigenvalue weighted by atomic mass is 32.2. The third-order valence-electron chi connectivity index (χ3n) is 3.70. The summed E-state index contributed by atoms with van der Waals surface area (Å²) in [6.45, 7) is 5.32. The van der Waals surface area contributed by atoms with E-state index in [1.807, 2.05) is 6.92 Å². The van der Waals surface area contributed by atoms with E-state index >= 15 is 0 Å². The van der Waals surface area contributed by atoms with Crippen LogP contribution in [0.5, 0.6) is 5.75 Å². The molecule has 0 saturated heterocycles. The topological polar surface area (TPSA) is 96.0 Å². The zero-order valence-electron chi connectivity index (χ0n) is 16.4. The van der Waals surface area contributed by atoms with Gasteiger partial charge in [-0.1, -0.05) is 29.8 Å². The first-order valence-electron chi connectivity index (χ1n) is 8.94. The Hall–Kier alpha value is -3.13. The van der Waals surface area contributed by atoms with Crippen LogP contribution in [0.4, 0.5) is 0 Å². The molecule has 2 aromatic carbocycles. The molecule has 0 radical (unpaired) electrons. The summed E-state index contributed by atoms with van der Waals surface area (Å²) in [4.78, 5) is 24.0. The lowest BCUT2D eigenvalue weighted by molar-refractivity contribution is -0.146. The van der Waals surface area contributed by atoms with Gasteiger partial charge in [0.2, 0.25) is 0 Å². The highest BCUT2D eigenvalue weighted by Gasteiger charge is 2.21. The molecule has 2 rings (SSSR count). The largest absolute Gasteiger partial charge is 0.462 e. The van der Waals surface area contributed by atoms with Gasteiger partial charge in [0.1, 0.15) is 16.2 Å². The first kappa shape index (κ1) is 22.2. The minimum absolute atomic E-state index is 0.0657. The molecule has 0 amide bonds. The van der Waals surface area contributed by atoms with Crippen molar-refractivity contribution in [3.05, 3.63) is 65.2 Å². The summed E-state index contributed by atoms with van der Waals surface area (Å²) in [6.07, 6.45) is 1.28. The molecule has 0 spiro atoms. The van der Waals surface area contributed by atoms with E-state index in [4.69, 9.17) is 13.7 Å². The van der Waals surface area contributed by atoms with Crippen molar-refractivity contribution in [1.29, 1.82) is 0 Å². The third kappa shape index (κ3) is 6.18. The van der Waals surface area contributed by atoms with Gasteiger partial charge < -0.3 is 13.7 Å². The maximum atomic E-state index is 12.4. The fraction of sp³-hybridized carbons (Fsp3) is 0.238. The van der Waals surface area contributed by atoms with Crippen molar-refractivity contribution >= 4 is 28.1 Å². The molecule has 0 N–H and O–H groups in total. The van der Waals surface area contributed by atoms with E-state index in [0.717, 1.165) is 5.56 Å². The fourth-order valence-electron chi connectivity index (χ4n) is 2.28. The average molecular weight is 418 g/mol. The van der Waals surface area contributed by atoms with Crippen molar-refractivity contribution in [3.63, 3.8) is 0 Å². The summed E-state index contributed by atoms with van der Waals surface area (Å²) in [5, 5.41) is 0. The number of carbonyl (C=O) groups is 2. The third-order valence-corrected chi connectivity index (χ3v) is 4.96. The van der Waals surface area contributed by atoms with Crippen LogP contribution >= 0.6 is 0 Å². The van der Waals surface area contributed by atoms with Crippen molar-refractivity contribution < 1.29 is 31.7 Å². The number of hydrogen-bond acceptors (Lipinski definition) is 7. The molecular weight excluding hydrogens is 396 g/mol. The van der Waals surface area contributed by atoms with Gasteiger partial charge in [-0.15, -0.1) is 0 Å². The van der Waals surface area contributed by atoms with E-state index in [1.165, 1.54) is 30.3 Å². The van der Waals surface area contributed by atoms with E-state index < -0.39 is 22.1 Å². The Balaban J connectivity index is 2.26. The number of hydrogen-bond donors (Lipinski definition) is 0. The van der Waals surface area contributed by atoms with Crippen molar-refractivity contribution in [2.45, 2.75) is 25.7 Å². The van der Waals surface area contributed by atoms with Crippen LogP contribution in [0.3, 0.4) is 0 Å². The second-order valence-corrected chi connectivity index (χ2v) is 7.46. The van der Waals surface area contributed by atoms with Crippen molar-refractivity contribution in [3.8, 4) is 5.75 Å². The zero-order chi connectivity index (χ0) is 21.4. The number of rotatable bonds is 8. The molecule has 0 saturated carbocycles. The number of ether oxygens (including phenoxy) is 2. The SMILES string of the molecule is CCOC(=O)C(=Cc1ccc(S(=O)(=O)Oc2ccc(C)cc2)cc1)C(=O)OCC. The maximum absolute atomic E-state index is 12.4. The molecule has 2 aromatic rings. The monoisotopic (exact) mass is 418 g/mol. The second-order valence-electron chi connectivity index (χ2n) is 5.92. The molecule has 0 unspecified atom stereocenters. The van der Waals surface area contributed by atoms with Gasteiger partial charge in [-0.05, 0) is 56.7 Å². The second kappa shape index (κ2) is 9.88. The van der Waals surface area contributed by atoms with Crippen LogP contribution < -0.4 is 4.18 Å². The molecular formula is C21H22O7S. The van der Waals surface area contributed by atoms with Crippen LogP contribution in [0.25, 0.3) is 6.08 Å². The van der Waals surface area contributed by atoms with E-state index in [1.54, 1.807) is 38.1 Å². The van der Waals surface area contributed by atoms with E-state index in [-0.39, 0.29) is 29.4 Å². The quantitative estimate of drug-likeness (QED) is 0.213. The first-order chi connectivity index (χ1) is 13.8. The smallest absolute Gasteiger partial charge is 0.345 e. The summed E-state index contributed by atoms with van der Waals surface area (Å²) < 4.78 is 39.7. The van der Waals surface area contributed by atoms with Gasteiger partial charge in [-0.3, -0.25) is 0 Å². The number of benzene rings is 2. The molecule has 0 aromatic heterocycles. The van der Waals surface area contributed by atoms with Gasteiger partial charge in [0.25, 0.3) is 0 Å². The Kier molecular flexibility index (Phi) is 7.55. The molecule has 154 valence electrons. The minimum atomic E-state index is -4.03. The Morgan fingerprint density at radius 2 is 1.38 bits per heavy atom. The number of carbonyl (C=O) groups excluding carboxylic acids is 2. The van der Waals surface area contributed by atoms with E-state index in [2.05, 4.69) is 0 Å². The summed E-state index contributed by atoms with van der Waals surface area (Å²) in [5.41, 5.74) is 1.13. The van der Waals surface area contributed by atoms with Crippen molar-refractivity contribution in [2.75, 3.05) is 13.2 Å². The van der Waals surface area contributed by atoms with Crippen LogP contribution in [0.2, 0.25) is 0 Å². The molecule has 0 heterocycles. The Morgan fingerprint density at radius 3 is 1.86 bits per heavy atom. The van der Waals surface area contributed by atoms with Crippen LogP contribution in [-0.2, 0) is 29.2 Å². The summed E-state index contributed by atoms with van der Waals surface area (Å²) in [5.74, 6) is -1.43. The van der Waals surface area contributed by atoms with Gasteiger partial charge in [-0.25, -0.2) is 9.59 Å². The summed E-state index contributed by atoms with van der Waals surface area (Å²) >= 11 is 0. The highest BCUT2D eigenvalue weighted by molar-refractivity contribution is 7.87. The maximum Gasteiger partial charge on any atom is 0.345 e. The normalized spacial score (nSPS) is 10.7. The lowest BCUT2D eigenvalue weighted by atomic mass is 10.1. The average Bonchev–Trinajstić information content (AvgIpc) is 2.68. The van der Waals surface area contributed by atoms with Crippen LogP contribution in [0.15, 0.2) is 59.0 Å². The lowest BCUT2D eigenvalue weighted by Gasteiger charge is -2.08. The van der Waals surface area contributed by atoms with Gasteiger partial charge in [0, 0.05) is 0 Å². The fourth-order valence-corrected chi connectivity index (χ4v) is 3.21. The van der Waals surface area contributed by atoms with Crippen molar-refractivity contribution in [1.82, 2.24) is 0 Å². The minimum Gasteiger partial charge on any atom is -0.462 e. The Bertz CT molecular complexity index is 968. The van der Waals surface area contributed by atoms with Crippen LogP contribution in [0, 0.1) is 6.92 Å². The predicted molar refractivity (Wildman–Crippen MR) is 107 cm³/mol. The van der Waals surface area contributed by atoms with Crippen LogP contribution in [0.1, 0.15) is 25.0 Å². The van der Waals surface area contributed by atoms with Crippen LogP contribution in [-0.4, -0.2) is 33.6 Å². The van der Waals surface area contributed by atoms with E-state index in [0.29, 0.717) is 5.56 Å². The molecule has 7 nitrogen and oxygen atoms in total. The zero-order valence-corrected chi connectivity index (χ0v) is 17.2.